The van der Waals surface area contributed by atoms with Crippen molar-refractivity contribution in [3.05, 3.63) is 57.1 Å². The lowest BCUT2D eigenvalue weighted by molar-refractivity contribution is -0.384. The molecule has 0 fully saturated rings. The summed E-state index contributed by atoms with van der Waals surface area (Å²) in [6, 6.07) is 4.87. The van der Waals surface area contributed by atoms with Crippen LogP contribution in [0.1, 0.15) is 10.5 Å². The minimum absolute atomic E-state index is 0.108. The average Bonchev–Trinajstić information content (AvgIpc) is 2.76. The van der Waals surface area contributed by atoms with Gasteiger partial charge in [0.05, 0.1) is 16.1 Å². The number of nitro groups is 1. The van der Waals surface area contributed by atoms with Gasteiger partial charge in [0, 0.05) is 18.8 Å². The Morgan fingerprint density at radius 1 is 1.45 bits per heavy atom. The van der Waals surface area contributed by atoms with Crippen LogP contribution in [0.15, 0.2) is 30.5 Å². The summed E-state index contributed by atoms with van der Waals surface area (Å²) in [7, 11) is 1.51. The number of hydrogen-bond donors (Lipinski definition) is 1. The largest absolute Gasteiger partial charge is 0.340 e. The minimum atomic E-state index is -0.598. The van der Waals surface area contributed by atoms with E-state index in [1.54, 1.807) is 0 Å². The summed E-state index contributed by atoms with van der Waals surface area (Å²) in [5.41, 5.74) is 0.220. The van der Waals surface area contributed by atoms with Crippen LogP contribution in [0.2, 0.25) is 5.02 Å². The van der Waals surface area contributed by atoms with Crippen molar-refractivity contribution >= 4 is 28.9 Å². The third-order valence-corrected chi connectivity index (χ3v) is 2.90. The van der Waals surface area contributed by atoms with E-state index in [9.17, 15) is 19.3 Å². The zero-order valence-corrected chi connectivity index (χ0v) is 11.0. The predicted molar refractivity (Wildman–Crippen MR) is 71.4 cm³/mol. The van der Waals surface area contributed by atoms with Crippen molar-refractivity contribution in [2.45, 2.75) is 0 Å². The van der Waals surface area contributed by atoms with Crippen LogP contribution in [0.4, 0.5) is 15.8 Å². The van der Waals surface area contributed by atoms with E-state index in [-0.39, 0.29) is 16.4 Å². The van der Waals surface area contributed by atoms with Crippen molar-refractivity contribution in [2.75, 3.05) is 5.32 Å². The molecule has 0 aliphatic carbocycles. The van der Waals surface area contributed by atoms with Crippen LogP contribution in [0.3, 0.4) is 0 Å². The van der Waals surface area contributed by atoms with Gasteiger partial charge < -0.3 is 9.88 Å². The molecule has 1 N–H and O–H groups in total. The number of nitrogens with zero attached hydrogens (tertiary/aromatic N) is 2. The Morgan fingerprint density at radius 3 is 2.70 bits per heavy atom. The van der Waals surface area contributed by atoms with Gasteiger partial charge in [-0.25, -0.2) is 4.39 Å². The summed E-state index contributed by atoms with van der Waals surface area (Å²) in [5.74, 6) is -1.15. The molecule has 104 valence electrons. The molecule has 6 nitrogen and oxygen atoms in total. The molecular weight excluding hydrogens is 289 g/mol. The molecule has 1 aromatic carbocycles. The summed E-state index contributed by atoms with van der Waals surface area (Å²) < 4.78 is 14.3. The van der Waals surface area contributed by atoms with Gasteiger partial charge in [0.1, 0.15) is 11.5 Å². The van der Waals surface area contributed by atoms with E-state index in [0.717, 1.165) is 12.1 Å². The van der Waals surface area contributed by atoms with Gasteiger partial charge in [-0.3, -0.25) is 14.9 Å². The van der Waals surface area contributed by atoms with Gasteiger partial charge in [-0.15, -0.1) is 0 Å². The Morgan fingerprint density at radius 2 is 2.15 bits per heavy atom. The van der Waals surface area contributed by atoms with E-state index < -0.39 is 16.6 Å². The highest BCUT2D eigenvalue weighted by molar-refractivity contribution is 6.31. The highest BCUT2D eigenvalue weighted by Crippen LogP contribution is 2.21. The second-order valence-corrected chi connectivity index (χ2v) is 4.44. The number of carbonyl (C=O) groups is 1. The van der Waals surface area contributed by atoms with Gasteiger partial charge in [-0.1, -0.05) is 11.6 Å². The molecule has 1 heterocycles. The van der Waals surface area contributed by atoms with Crippen molar-refractivity contribution in [1.29, 1.82) is 0 Å². The van der Waals surface area contributed by atoms with E-state index >= 15 is 0 Å². The highest BCUT2D eigenvalue weighted by Gasteiger charge is 2.17. The molecule has 0 spiro atoms. The molecule has 0 aliphatic heterocycles. The number of benzene rings is 1. The molecule has 20 heavy (non-hydrogen) atoms. The smallest absolute Gasteiger partial charge is 0.287 e. The first kappa shape index (κ1) is 14.0. The standard InChI is InChI=1S/C12H9ClFN3O3/c1-16-6-8(17(19)20)5-11(16)12(18)15-7-2-3-10(14)9(13)4-7/h2-6H,1H3,(H,15,18). The van der Waals surface area contributed by atoms with Crippen LogP contribution in [0.5, 0.6) is 0 Å². The van der Waals surface area contributed by atoms with Crippen LogP contribution in [0.25, 0.3) is 0 Å². The number of anilines is 1. The molecule has 0 saturated heterocycles. The molecule has 0 bridgehead atoms. The van der Waals surface area contributed by atoms with E-state index in [4.69, 9.17) is 11.6 Å². The number of aryl methyl sites for hydroxylation is 1. The van der Waals surface area contributed by atoms with E-state index in [2.05, 4.69) is 5.32 Å². The second-order valence-electron chi connectivity index (χ2n) is 4.03. The maximum absolute atomic E-state index is 13.0. The Balaban J connectivity index is 2.23. The molecule has 0 unspecified atom stereocenters. The molecule has 2 rings (SSSR count). The molecular formula is C12H9ClFN3O3. The van der Waals surface area contributed by atoms with Gasteiger partial charge >= 0.3 is 0 Å². The SMILES string of the molecule is Cn1cc([N+](=O)[O-])cc1C(=O)Nc1ccc(F)c(Cl)c1. The quantitative estimate of drug-likeness (QED) is 0.699. The van der Waals surface area contributed by atoms with Crippen molar-refractivity contribution in [3.8, 4) is 0 Å². The predicted octanol–water partition coefficient (Wildman–Crippen LogP) is 2.98. The van der Waals surface area contributed by atoms with Crippen LogP contribution in [-0.2, 0) is 7.05 Å². The van der Waals surface area contributed by atoms with Gasteiger partial charge in [-0.05, 0) is 18.2 Å². The number of rotatable bonds is 3. The topological polar surface area (TPSA) is 77.2 Å². The van der Waals surface area contributed by atoms with Crippen molar-refractivity contribution in [1.82, 2.24) is 4.57 Å². The Bertz CT molecular complexity index is 699. The first-order chi connectivity index (χ1) is 9.38. The zero-order chi connectivity index (χ0) is 14.9. The minimum Gasteiger partial charge on any atom is -0.340 e. The summed E-state index contributed by atoms with van der Waals surface area (Å²) in [6.45, 7) is 0. The Hall–Kier alpha value is -2.41. The first-order valence-corrected chi connectivity index (χ1v) is 5.83. The molecule has 0 radical (unpaired) electrons. The lowest BCUT2D eigenvalue weighted by atomic mass is 10.3. The fourth-order valence-electron chi connectivity index (χ4n) is 1.64. The van der Waals surface area contributed by atoms with E-state index in [1.165, 1.54) is 29.9 Å². The fourth-order valence-corrected chi connectivity index (χ4v) is 1.82. The van der Waals surface area contributed by atoms with Crippen LogP contribution in [0, 0.1) is 15.9 Å². The number of amides is 1. The number of aromatic nitrogens is 1. The summed E-state index contributed by atoms with van der Waals surface area (Å²) in [6.07, 6.45) is 1.23. The van der Waals surface area contributed by atoms with Crippen LogP contribution < -0.4 is 5.32 Å². The third kappa shape index (κ3) is 2.77. The van der Waals surface area contributed by atoms with Crippen molar-refractivity contribution in [2.24, 2.45) is 7.05 Å². The molecule has 8 heteroatoms. The monoisotopic (exact) mass is 297 g/mol. The normalized spacial score (nSPS) is 10.3. The molecule has 2 aromatic rings. The lowest BCUT2D eigenvalue weighted by Gasteiger charge is -2.06. The van der Waals surface area contributed by atoms with E-state index in [0.29, 0.717) is 5.69 Å². The maximum Gasteiger partial charge on any atom is 0.287 e. The van der Waals surface area contributed by atoms with Crippen LogP contribution >= 0.6 is 11.6 Å². The maximum atomic E-state index is 13.0. The second kappa shape index (κ2) is 5.30. The summed E-state index contributed by atoms with van der Waals surface area (Å²) >= 11 is 5.60. The summed E-state index contributed by atoms with van der Waals surface area (Å²) in [5, 5.41) is 13.0. The zero-order valence-electron chi connectivity index (χ0n) is 10.3. The van der Waals surface area contributed by atoms with Crippen LogP contribution in [-0.4, -0.2) is 15.4 Å². The van der Waals surface area contributed by atoms with Gasteiger partial charge in [0.15, 0.2) is 0 Å². The third-order valence-electron chi connectivity index (χ3n) is 2.61. The number of carbonyl (C=O) groups excluding carboxylic acids is 1. The molecule has 0 aliphatic rings. The molecule has 0 atom stereocenters. The van der Waals surface area contributed by atoms with Gasteiger partial charge in [0.2, 0.25) is 0 Å². The van der Waals surface area contributed by atoms with Crippen molar-refractivity contribution in [3.63, 3.8) is 0 Å². The van der Waals surface area contributed by atoms with Crippen molar-refractivity contribution < 1.29 is 14.1 Å². The van der Waals surface area contributed by atoms with Gasteiger partial charge in [-0.2, -0.15) is 0 Å². The Kier molecular flexibility index (Phi) is 3.71. The molecule has 0 saturated carbocycles. The highest BCUT2D eigenvalue weighted by atomic mass is 35.5. The molecule has 1 amide bonds. The van der Waals surface area contributed by atoms with E-state index in [1.807, 2.05) is 0 Å². The lowest BCUT2D eigenvalue weighted by Crippen LogP contribution is -2.15. The number of hydrogen-bond acceptors (Lipinski definition) is 3. The fraction of sp³-hybridized carbons (Fsp3) is 0.0833. The first-order valence-electron chi connectivity index (χ1n) is 5.45. The number of nitrogens with one attached hydrogen (secondary N) is 1. The molecule has 1 aromatic heterocycles. The average molecular weight is 298 g/mol. The Labute approximate surface area is 117 Å². The number of halogens is 2. The summed E-state index contributed by atoms with van der Waals surface area (Å²) in [4.78, 5) is 22.0. The van der Waals surface area contributed by atoms with Gasteiger partial charge in [0.25, 0.3) is 11.6 Å².